The summed E-state index contributed by atoms with van der Waals surface area (Å²) in [4.78, 5) is 12.1. The van der Waals surface area contributed by atoms with Crippen molar-refractivity contribution in [3.8, 4) is 0 Å². The number of thiocarbonyl (C=S) groups is 1. The van der Waals surface area contributed by atoms with Crippen molar-refractivity contribution in [1.29, 1.82) is 0 Å². The lowest BCUT2D eigenvalue weighted by molar-refractivity contribution is -0.116. The Morgan fingerprint density at radius 2 is 1.90 bits per heavy atom. The SMILES string of the molecule is CC(C)C(C)OCCCC(=O)Nc1ccc(C(N)=S)cc1. The summed E-state index contributed by atoms with van der Waals surface area (Å²) in [6, 6.07) is 7.18. The quantitative estimate of drug-likeness (QED) is 0.572. The van der Waals surface area contributed by atoms with E-state index in [1.807, 2.05) is 6.92 Å². The van der Waals surface area contributed by atoms with Crippen LogP contribution in [0.3, 0.4) is 0 Å². The van der Waals surface area contributed by atoms with Crippen LogP contribution in [0.1, 0.15) is 39.2 Å². The number of rotatable bonds is 8. The Morgan fingerprint density at radius 3 is 2.43 bits per heavy atom. The molecule has 0 radical (unpaired) electrons. The van der Waals surface area contributed by atoms with Crippen molar-refractivity contribution in [2.75, 3.05) is 11.9 Å². The van der Waals surface area contributed by atoms with Crippen molar-refractivity contribution >= 4 is 28.8 Å². The number of ether oxygens (including phenoxy) is 1. The van der Waals surface area contributed by atoms with E-state index < -0.39 is 0 Å². The largest absolute Gasteiger partial charge is 0.389 e. The number of hydrogen-bond donors (Lipinski definition) is 2. The van der Waals surface area contributed by atoms with Crippen LogP contribution in [0.25, 0.3) is 0 Å². The third-order valence-electron chi connectivity index (χ3n) is 3.32. The average Bonchev–Trinajstić information content (AvgIpc) is 2.43. The second kappa shape index (κ2) is 8.74. The summed E-state index contributed by atoms with van der Waals surface area (Å²) >= 11 is 4.88. The predicted molar refractivity (Wildman–Crippen MR) is 90.4 cm³/mol. The lowest BCUT2D eigenvalue weighted by atomic mass is 10.1. The minimum absolute atomic E-state index is 0.0149. The zero-order chi connectivity index (χ0) is 15.8. The van der Waals surface area contributed by atoms with Crippen molar-refractivity contribution in [3.05, 3.63) is 29.8 Å². The molecule has 21 heavy (non-hydrogen) atoms. The van der Waals surface area contributed by atoms with Crippen molar-refractivity contribution in [1.82, 2.24) is 0 Å². The van der Waals surface area contributed by atoms with Gasteiger partial charge in [0.15, 0.2) is 0 Å². The zero-order valence-corrected chi connectivity index (χ0v) is 13.7. The van der Waals surface area contributed by atoms with E-state index in [1.165, 1.54) is 0 Å². The number of carbonyl (C=O) groups is 1. The van der Waals surface area contributed by atoms with Crippen molar-refractivity contribution in [3.63, 3.8) is 0 Å². The zero-order valence-electron chi connectivity index (χ0n) is 12.9. The van der Waals surface area contributed by atoms with E-state index >= 15 is 0 Å². The molecule has 0 aliphatic rings. The lowest BCUT2D eigenvalue weighted by Gasteiger charge is -2.16. The molecule has 1 aromatic carbocycles. The number of hydrogen-bond acceptors (Lipinski definition) is 3. The highest BCUT2D eigenvalue weighted by atomic mass is 32.1. The third kappa shape index (κ3) is 6.69. The first-order chi connectivity index (χ1) is 9.90. The molecule has 0 heterocycles. The second-order valence-corrected chi connectivity index (χ2v) is 5.85. The summed E-state index contributed by atoms with van der Waals surface area (Å²) in [5.41, 5.74) is 7.06. The molecule has 1 amide bonds. The summed E-state index contributed by atoms with van der Waals surface area (Å²) in [5.74, 6) is 0.477. The summed E-state index contributed by atoms with van der Waals surface area (Å²) < 4.78 is 5.64. The fourth-order valence-electron chi connectivity index (χ4n) is 1.64. The predicted octanol–water partition coefficient (Wildman–Crippen LogP) is 3.10. The average molecular weight is 308 g/mol. The van der Waals surface area contributed by atoms with Gasteiger partial charge in [-0.05, 0) is 43.5 Å². The van der Waals surface area contributed by atoms with Crippen LogP contribution in [0, 0.1) is 5.92 Å². The molecule has 0 fully saturated rings. The Kier molecular flexibility index (Phi) is 7.32. The van der Waals surface area contributed by atoms with E-state index in [-0.39, 0.29) is 12.0 Å². The van der Waals surface area contributed by atoms with E-state index in [4.69, 9.17) is 22.7 Å². The van der Waals surface area contributed by atoms with Crippen LogP contribution in [-0.4, -0.2) is 23.6 Å². The van der Waals surface area contributed by atoms with Gasteiger partial charge in [0.1, 0.15) is 4.99 Å². The smallest absolute Gasteiger partial charge is 0.224 e. The monoisotopic (exact) mass is 308 g/mol. The maximum Gasteiger partial charge on any atom is 0.224 e. The van der Waals surface area contributed by atoms with Gasteiger partial charge in [0.25, 0.3) is 0 Å². The second-order valence-electron chi connectivity index (χ2n) is 5.41. The van der Waals surface area contributed by atoms with E-state index in [0.717, 1.165) is 11.3 Å². The van der Waals surface area contributed by atoms with Gasteiger partial charge >= 0.3 is 0 Å². The summed E-state index contributed by atoms with van der Waals surface area (Å²) in [6.45, 7) is 6.89. The summed E-state index contributed by atoms with van der Waals surface area (Å²) in [5, 5.41) is 2.84. The van der Waals surface area contributed by atoms with Crippen LogP contribution in [0.5, 0.6) is 0 Å². The molecule has 0 spiro atoms. The number of nitrogens with one attached hydrogen (secondary N) is 1. The van der Waals surface area contributed by atoms with Crippen LogP contribution >= 0.6 is 12.2 Å². The minimum atomic E-state index is -0.0149. The van der Waals surface area contributed by atoms with Crippen molar-refractivity contribution < 1.29 is 9.53 Å². The molecule has 5 heteroatoms. The molecule has 1 unspecified atom stereocenters. The molecule has 1 rings (SSSR count). The minimum Gasteiger partial charge on any atom is -0.389 e. The topological polar surface area (TPSA) is 64.3 Å². The Morgan fingerprint density at radius 1 is 1.29 bits per heavy atom. The van der Waals surface area contributed by atoms with Crippen LogP contribution < -0.4 is 11.1 Å². The molecule has 0 aromatic heterocycles. The van der Waals surface area contributed by atoms with Gasteiger partial charge in [-0.3, -0.25) is 4.79 Å². The normalized spacial score (nSPS) is 12.2. The van der Waals surface area contributed by atoms with Gasteiger partial charge in [0.2, 0.25) is 5.91 Å². The summed E-state index contributed by atoms with van der Waals surface area (Å²) in [7, 11) is 0. The van der Waals surface area contributed by atoms with Crippen molar-refractivity contribution in [2.45, 2.75) is 39.7 Å². The highest BCUT2D eigenvalue weighted by Crippen LogP contribution is 2.11. The van der Waals surface area contributed by atoms with Gasteiger partial charge in [-0.25, -0.2) is 0 Å². The van der Waals surface area contributed by atoms with Crippen LogP contribution in [0.4, 0.5) is 5.69 Å². The Hall–Kier alpha value is -1.46. The number of nitrogens with two attached hydrogens (primary N) is 1. The van der Waals surface area contributed by atoms with Crippen LogP contribution in [-0.2, 0) is 9.53 Å². The molecule has 0 aliphatic carbocycles. The fraction of sp³-hybridized carbons (Fsp3) is 0.500. The molecule has 4 nitrogen and oxygen atoms in total. The molecular formula is C16H24N2O2S. The van der Waals surface area contributed by atoms with Crippen molar-refractivity contribution in [2.24, 2.45) is 11.7 Å². The fourth-order valence-corrected chi connectivity index (χ4v) is 1.77. The number of anilines is 1. The van der Waals surface area contributed by atoms with E-state index in [9.17, 15) is 4.79 Å². The van der Waals surface area contributed by atoms with Gasteiger partial charge in [0, 0.05) is 24.3 Å². The van der Waals surface area contributed by atoms with Crippen LogP contribution in [0.15, 0.2) is 24.3 Å². The molecule has 0 aliphatic heterocycles. The van der Waals surface area contributed by atoms with Gasteiger partial charge < -0.3 is 15.8 Å². The molecule has 116 valence electrons. The Balaban J connectivity index is 2.29. The number of carbonyl (C=O) groups excluding carboxylic acids is 1. The number of benzene rings is 1. The van der Waals surface area contributed by atoms with Gasteiger partial charge in [-0.15, -0.1) is 0 Å². The Bertz CT molecular complexity index is 472. The number of amides is 1. The van der Waals surface area contributed by atoms with Gasteiger partial charge in [-0.1, -0.05) is 26.1 Å². The lowest BCUT2D eigenvalue weighted by Crippen LogP contribution is -2.17. The molecule has 1 atom stereocenters. The molecular weight excluding hydrogens is 284 g/mol. The van der Waals surface area contributed by atoms with E-state index in [1.54, 1.807) is 24.3 Å². The molecule has 0 saturated carbocycles. The highest BCUT2D eigenvalue weighted by Gasteiger charge is 2.08. The van der Waals surface area contributed by atoms with Crippen LogP contribution in [0.2, 0.25) is 0 Å². The van der Waals surface area contributed by atoms with Gasteiger partial charge in [0.05, 0.1) is 6.10 Å². The maximum atomic E-state index is 11.8. The molecule has 0 bridgehead atoms. The summed E-state index contributed by atoms with van der Waals surface area (Å²) in [6.07, 6.45) is 1.39. The molecule has 3 N–H and O–H groups in total. The van der Waals surface area contributed by atoms with Gasteiger partial charge in [-0.2, -0.15) is 0 Å². The molecule has 1 aromatic rings. The highest BCUT2D eigenvalue weighted by molar-refractivity contribution is 7.80. The van der Waals surface area contributed by atoms with E-state index in [2.05, 4.69) is 19.2 Å². The molecule has 0 saturated heterocycles. The van der Waals surface area contributed by atoms with E-state index in [0.29, 0.717) is 30.4 Å². The first-order valence-electron chi connectivity index (χ1n) is 7.21. The Labute approximate surface area is 132 Å². The standard InChI is InChI=1S/C16H24N2O2S/c1-11(2)12(3)20-10-4-5-15(19)18-14-8-6-13(7-9-14)16(17)21/h6-9,11-12H,4-5,10H2,1-3H3,(H2,17,21)(H,18,19). The first-order valence-corrected chi connectivity index (χ1v) is 7.62. The maximum absolute atomic E-state index is 11.8. The first kappa shape index (κ1) is 17.6. The third-order valence-corrected chi connectivity index (χ3v) is 3.56.